The summed E-state index contributed by atoms with van der Waals surface area (Å²) in [6, 6.07) is 7.15. The molecule has 106 valence electrons. The highest BCUT2D eigenvalue weighted by Gasteiger charge is 2.20. The molecule has 0 saturated heterocycles. The summed E-state index contributed by atoms with van der Waals surface area (Å²) in [6.45, 7) is 4.85. The van der Waals surface area contributed by atoms with Crippen molar-refractivity contribution in [2.75, 3.05) is 20.2 Å². The average Bonchev–Trinajstić information content (AvgIpc) is 2.39. The maximum Gasteiger partial charge on any atom is 0.239 e. The van der Waals surface area contributed by atoms with E-state index in [-0.39, 0.29) is 11.8 Å². The smallest absolute Gasteiger partial charge is 0.239 e. The Morgan fingerprint density at radius 3 is 2.47 bits per heavy atom. The third kappa shape index (κ3) is 5.20. The van der Waals surface area contributed by atoms with Gasteiger partial charge in [0.05, 0.1) is 12.6 Å². The number of hydrogen-bond acceptors (Lipinski definition) is 3. The minimum atomic E-state index is -0.447. The Balaban J connectivity index is 2.36. The molecule has 0 bridgehead atoms. The van der Waals surface area contributed by atoms with E-state index in [2.05, 4.69) is 15.9 Å². The van der Waals surface area contributed by atoms with E-state index in [0.717, 1.165) is 10.2 Å². The van der Waals surface area contributed by atoms with Gasteiger partial charge in [-0.15, -0.1) is 0 Å². The van der Waals surface area contributed by atoms with Gasteiger partial charge in [-0.1, -0.05) is 29.8 Å². The molecule has 0 aliphatic heterocycles. The molecule has 0 radical (unpaired) electrons. The first kappa shape index (κ1) is 16.0. The minimum Gasteiger partial charge on any atom is -0.492 e. The number of halogens is 1. The van der Waals surface area contributed by atoms with Crippen molar-refractivity contribution in [3.05, 3.63) is 28.7 Å². The highest BCUT2D eigenvalue weighted by molar-refractivity contribution is 9.10. The van der Waals surface area contributed by atoms with Crippen LogP contribution < -0.4 is 10.5 Å². The summed E-state index contributed by atoms with van der Waals surface area (Å²) in [5, 5.41) is 0. The van der Waals surface area contributed by atoms with E-state index in [1.807, 2.05) is 38.1 Å². The quantitative estimate of drug-likeness (QED) is 0.871. The lowest BCUT2D eigenvalue weighted by Gasteiger charge is -2.23. The first-order chi connectivity index (χ1) is 8.91. The van der Waals surface area contributed by atoms with Crippen LogP contribution in [0.3, 0.4) is 0 Å². The predicted octanol–water partition coefficient (Wildman–Crippen LogP) is 2.27. The topological polar surface area (TPSA) is 55.6 Å². The van der Waals surface area contributed by atoms with Crippen molar-refractivity contribution < 1.29 is 9.53 Å². The van der Waals surface area contributed by atoms with Crippen LogP contribution in [-0.4, -0.2) is 37.0 Å². The SMILES string of the molecule is CC(C)[C@H](N)C(=O)N(C)CCOc1ccc(Br)cc1. The standard InChI is InChI=1S/C14H21BrN2O2/c1-10(2)13(16)14(18)17(3)8-9-19-12-6-4-11(15)5-7-12/h4-7,10,13H,8-9,16H2,1-3H3/t13-/m0/s1. The average molecular weight is 329 g/mol. The molecule has 0 fully saturated rings. The van der Waals surface area contributed by atoms with Gasteiger partial charge in [-0.2, -0.15) is 0 Å². The van der Waals surface area contributed by atoms with Crippen LogP contribution in [0, 0.1) is 5.92 Å². The molecule has 2 N–H and O–H groups in total. The summed E-state index contributed by atoms with van der Waals surface area (Å²) >= 11 is 3.36. The summed E-state index contributed by atoms with van der Waals surface area (Å²) < 4.78 is 6.58. The fourth-order valence-corrected chi connectivity index (χ4v) is 1.75. The molecule has 1 aromatic rings. The van der Waals surface area contributed by atoms with Crippen molar-refractivity contribution in [3.8, 4) is 5.75 Å². The Morgan fingerprint density at radius 1 is 1.37 bits per heavy atom. The van der Waals surface area contributed by atoms with Gasteiger partial charge in [-0.05, 0) is 30.2 Å². The van der Waals surface area contributed by atoms with Gasteiger partial charge >= 0.3 is 0 Å². The van der Waals surface area contributed by atoms with Crippen LogP contribution in [0.2, 0.25) is 0 Å². The molecule has 0 unspecified atom stereocenters. The number of nitrogens with zero attached hydrogens (tertiary/aromatic N) is 1. The van der Waals surface area contributed by atoms with Gasteiger partial charge in [0.2, 0.25) is 5.91 Å². The van der Waals surface area contributed by atoms with Crippen molar-refractivity contribution in [3.63, 3.8) is 0 Å². The molecule has 0 aliphatic carbocycles. The van der Waals surface area contributed by atoms with Crippen molar-refractivity contribution >= 4 is 21.8 Å². The summed E-state index contributed by atoms with van der Waals surface area (Å²) in [6.07, 6.45) is 0. The Bertz CT molecular complexity index is 406. The number of carbonyl (C=O) groups excluding carboxylic acids is 1. The molecule has 5 heteroatoms. The molecule has 4 nitrogen and oxygen atoms in total. The van der Waals surface area contributed by atoms with Gasteiger partial charge in [0.15, 0.2) is 0 Å². The molecule has 0 aromatic heterocycles. The number of amides is 1. The number of carbonyl (C=O) groups is 1. The largest absolute Gasteiger partial charge is 0.492 e. The molecular formula is C14H21BrN2O2. The van der Waals surface area contributed by atoms with E-state index in [1.165, 1.54) is 0 Å². The molecule has 19 heavy (non-hydrogen) atoms. The molecule has 1 aromatic carbocycles. The van der Waals surface area contributed by atoms with Gasteiger partial charge in [-0.3, -0.25) is 4.79 Å². The second-order valence-electron chi connectivity index (χ2n) is 4.83. The Morgan fingerprint density at radius 2 is 1.95 bits per heavy atom. The second kappa shape index (κ2) is 7.50. The van der Waals surface area contributed by atoms with E-state index in [0.29, 0.717) is 13.2 Å². The number of nitrogens with two attached hydrogens (primary N) is 1. The molecular weight excluding hydrogens is 308 g/mol. The summed E-state index contributed by atoms with van der Waals surface area (Å²) in [5.41, 5.74) is 5.82. The number of likely N-dealkylation sites (N-methyl/N-ethyl adjacent to an activating group) is 1. The van der Waals surface area contributed by atoms with Crippen LogP contribution in [0.1, 0.15) is 13.8 Å². The monoisotopic (exact) mass is 328 g/mol. The van der Waals surface area contributed by atoms with Crippen molar-refractivity contribution in [1.82, 2.24) is 4.90 Å². The highest BCUT2D eigenvalue weighted by Crippen LogP contribution is 2.15. The molecule has 0 spiro atoms. The fourth-order valence-electron chi connectivity index (χ4n) is 1.48. The highest BCUT2D eigenvalue weighted by atomic mass is 79.9. The predicted molar refractivity (Wildman–Crippen MR) is 80.1 cm³/mol. The van der Waals surface area contributed by atoms with Crippen molar-refractivity contribution in [1.29, 1.82) is 0 Å². The van der Waals surface area contributed by atoms with E-state index in [4.69, 9.17) is 10.5 Å². The summed E-state index contributed by atoms with van der Waals surface area (Å²) in [4.78, 5) is 13.5. The normalized spacial score (nSPS) is 12.3. The van der Waals surface area contributed by atoms with Gasteiger partial charge < -0.3 is 15.4 Å². The lowest BCUT2D eigenvalue weighted by atomic mass is 10.0. The lowest BCUT2D eigenvalue weighted by Crippen LogP contribution is -2.46. The fraction of sp³-hybridized carbons (Fsp3) is 0.500. The van der Waals surface area contributed by atoms with Crippen LogP contribution in [0.25, 0.3) is 0 Å². The maximum absolute atomic E-state index is 11.9. The van der Waals surface area contributed by atoms with Crippen LogP contribution in [0.5, 0.6) is 5.75 Å². The number of ether oxygens (including phenoxy) is 1. The first-order valence-corrected chi connectivity index (χ1v) is 7.10. The van der Waals surface area contributed by atoms with Crippen molar-refractivity contribution in [2.45, 2.75) is 19.9 Å². The zero-order chi connectivity index (χ0) is 14.4. The van der Waals surface area contributed by atoms with Gasteiger partial charge in [-0.25, -0.2) is 0 Å². The number of hydrogen-bond donors (Lipinski definition) is 1. The van der Waals surface area contributed by atoms with Crippen LogP contribution in [0.15, 0.2) is 28.7 Å². The van der Waals surface area contributed by atoms with Gasteiger partial charge in [0.25, 0.3) is 0 Å². The van der Waals surface area contributed by atoms with E-state index < -0.39 is 6.04 Å². The molecule has 1 amide bonds. The van der Waals surface area contributed by atoms with E-state index >= 15 is 0 Å². The zero-order valence-corrected chi connectivity index (χ0v) is 13.2. The van der Waals surface area contributed by atoms with Gasteiger partial charge in [0.1, 0.15) is 12.4 Å². The maximum atomic E-state index is 11.9. The third-order valence-electron chi connectivity index (χ3n) is 2.89. The second-order valence-corrected chi connectivity index (χ2v) is 5.75. The lowest BCUT2D eigenvalue weighted by molar-refractivity contribution is -0.132. The summed E-state index contributed by atoms with van der Waals surface area (Å²) in [7, 11) is 1.75. The summed E-state index contributed by atoms with van der Waals surface area (Å²) in [5.74, 6) is 0.883. The Labute approximate surface area is 123 Å². The number of rotatable bonds is 6. The Hall–Kier alpha value is -1.07. The van der Waals surface area contributed by atoms with Crippen LogP contribution in [0.4, 0.5) is 0 Å². The van der Waals surface area contributed by atoms with Gasteiger partial charge in [0, 0.05) is 11.5 Å². The third-order valence-corrected chi connectivity index (χ3v) is 3.42. The minimum absolute atomic E-state index is 0.0468. The van der Waals surface area contributed by atoms with Crippen LogP contribution in [-0.2, 0) is 4.79 Å². The van der Waals surface area contributed by atoms with Crippen LogP contribution >= 0.6 is 15.9 Å². The molecule has 1 atom stereocenters. The van der Waals surface area contributed by atoms with E-state index in [9.17, 15) is 4.79 Å². The van der Waals surface area contributed by atoms with Crippen molar-refractivity contribution in [2.24, 2.45) is 11.7 Å². The molecule has 0 heterocycles. The zero-order valence-electron chi connectivity index (χ0n) is 11.6. The number of benzene rings is 1. The first-order valence-electron chi connectivity index (χ1n) is 6.30. The van der Waals surface area contributed by atoms with E-state index in [1.54, 1.807) is 11.9 Å². The molecule has 0 saturated carbocycles. The Kier molecular flexibility index (Phi) is 6.31. The molecule has 0 aliphatic rings. The molecule has 1 rings (SSSR count).